The quantitative estimate of drug-likeness (QED) is 0.0219. The molecule has 2 atom stereocenters. The SMILES string of the molecule is CC1(C)C2=C(CCC=C2)c2c1c1c(c3ccccc23)OC(c2ccc(OCCOC(=O)CCC(=O)OCCOCCOCCOCCOC(=O)CCC(=O)OCCOc3ccc(C4(c5ccc(N6CCOCC6)cc5)C=Cc5c6c(c7ccccc7c5O4)-c4ccccc4C6(C)C)cc3)cc2)(c2ccc(N3CCOCC3)cc2)C=C1. The monoisotopic (exact) mass is 1550 g/mol. The summed E-state index contributed by atoms with van der Waals surface area (Å²) in [6.07, 6.45) is 15.1. The van der Waals surface area contributed by atoms with Gasteiger partial charge in [0.25, 0.3) is 0 Å². The minimum absolute atomic E-state index is 0.00433. The van der Waals surface area contributed by atoms with E-state index in [1.54, 1.807) is 0 Å². The Labute approximate surface area is 671 Å². The van der Waals surface area contributed by atoms with Gasteiger partial charge in [-0.1, -0.05) is 173 Å². The van der Waals surface area contributed by atoms with Crippen molar-refractivity contribution in [1.29, 1.82) is 0 Å². The van der Waals surface area contributed by atoms with Crippen molar-refractivity contribution in [2.24, 2.45) is 0 Å². The molecule has 0 bridgehead atoms. The third-order valence-corrected chi connectivity index (χ3v) is 23.1. The smallest absolute Gasteiger partial charge is 0.306 e. The Hall–Kier alpha value is -11.1. The van der Waals surface area contributed by atoms with Crippen LogP contribution in [0, 0.1) is 0 Å². The summed E-state index contributed by atoms with van der Waals surface area (Å²) in [5, 5.41) is 4.50. The molecule has 2 fully saturated rings. The van der Waals surface area contributed by atoms with Crippen molar-refractivity contribution < 1.29 is 80.8 Å². The number of carbonyl (C=O) groups is 4. The van der Waals surface area contributed by atoms with Gasteiger partial charge in [0.15, 0.2) is 11.2 Å². The van der Waals surface area contributed by atoms with E-state index in [4.69, 9.17) is 61.6 Å². The summed E-state index contributed by atoms with van der Waals surface area (Å²) in [5.41, 5.74) is 16.4. The average Bonchev–Trinajstić information content (AvgIpc) is 1.56. The highest BCUT2D eigenvalue weighted by Gasteiger charge is 2.47. The first-order valence-corrected chi connectivity index (χ1v) is 40.3. The second-order valence-electron chi connectivity index (χ2n) is 30.8. The molecule has 594 valence electrons. The maximum atomic E-state index is 12.6. The molecule has 16 rings (SSSR count). The lowest BCUT2D eigenvalue weighted by molar-refractivity contribution is -0.151. The number of fused-ring (bicyclic) bond motifs is 15. The Morgan fingerprint density at radius 2 is 0.765 bits per heavy atom. The number of hydrogen-bond donors (Lipinski definition) is 0. The largest absolute Gasteiger partial charge is 0.490 e. The number of anilines is 2. The van der Waals surface area contributed by atoms with Crippen molar-refractivity contribution in [3.8, 4) is 34.1 Å². The van der Waals surface area contributed by atoms with Crippen LogP contribution in [0.15, 0.2) is 200 Å². The zero-order chi connectivity index (χ0) is 78.9. The maximum absolute atomic E-state index is 12.6. The first-order chi connectivity index (χ1) is 56.2. The van der Waals surface area contributed by atoms with Crippen molar-refractivity contribution in [3.05, 3.63) is 255 Å². The van der Waals surface area contributed by atoms with E-state index in [0.29, 0.717) is 37.9 Å². The molecule has 0 saturated carbocycles. The Balaban J connectivity index is 0.412. The van der Waals surface area contributed by atoms with Crippen LogP contribution in [-0.4, -0.2) is 156 Å². The number of allylic oxidation sites excluding steroid dienone is 4. The average molecular weight is 1550 g/mol. The van der Waals surface area contributed by atoms with Gasteiger partial charge in [-0.15, -0.1) is 0 Å². The van der Waals surface area contributed by atoms with Crippen LogP contribution < -0.4 is 28.7 Å². The number of ether oxygens (including phenoxy) is 13. The molecule has 3 aliphatic carbocycles. The normalized spacial score (nSPS) is 18.5. The molecule has 115 heavy (non-hydrogen) atoms. The van der Waals surface area contributed by atoms with E-state index in [-0.39, 0.29) is 116 Å². The second kappa shape index (κ2) is 34.6. The Bertz CT molecular complexity index is 5190. The lowest BCUT2D eigenvalue weighted by Gasteiger charge is -2.39. The van der Waals surface area contributed by atoms with E-state index in [1.807, 2.05) is 48.5 Å². The van der Waals surface area contributed by atoms with Gasteiger partial charge < -0.3 is 71.4 Å². The van der Waals surface area contributed by atoms with Gasteiger partial charge >= 0.3 is 23.9 Å². The van der Waals surface area contributed by atoms with E-state index in [9.17, 15) is 19.2 Å². The van der Waals surface area contributed by atoms with Crippen LogP contribution in [-0.2, 0) is 83.8 Å². The summed E-state index contributed by atoms with van der Waals surface area (Å²) < 4.78 is 76.5. The summed E-state index contributed by atoms with van der Waals surface area (Å²) in [7, 11) is 0. The molecule has 0 radical (unpaired) electrons. The highest BCUT2D eigenvalue weighted by molar-refractivity contribution is 6.09. The summed E-state index contributed by atoms with van der Waals surface area (Å²) >= 11 is 0. The number of rotatable bonds is 32. The number of esters is 4. The van der Waals surface area contributed by atoms with Gasteiger partial charge in [-0.05, 0) is 129 Å². The van der Waals surface area contributed by atoms with E-state index >= 15 is 0 Å². The van der Waals surface area contributed by atoms with Gasteiger partial charge in [0.2, 0.25) is 0 Å². The van der Waals surface area contributed by atoms with Crippen LogP contribution in [0.2, 0.25) is 0 Å². The molecule has 0 aromatic heterocycles. The second-order valence-corrected chi connectivity index (χ2v) is 30.8. The molecular weight excluding hydrogens is 1450 g/mol. The van der Waals surface area contributed by atoms with Gasteiger partial charge in [0.1, 0.15) is 62.6 Å². The Morgan fingerprint density at radius 3 is 1.21 bits per heavy atom. The highest BCUT2D eigenvalue weighted by Crippen LogP contribution is 2.60. The molecule has 9 aromatic carbocycles. The first kappa shape index (κ1) is 77.9. The van der Waals surface area contributed by atoms with Crippen molar-refractivity contribution >= 4 is 74.5 Å². The molecule has 2 saturated heterocycles. The van der Waals surface area contributed by atoms with Crippen LogP contribution in [0.3, 0.4) is 0 Å². The molecule has 4 heterocycles. The minimum Gasteiger partial charge on any atom is -0.490 e. The van der Waals surface area contributed by atoms with Crippen LogP contribution >= 0.6 is 0 Å². The lowest BCUT2D eigenvalue weighted by atomic mass is 9.75. The third-order valence-electron chi connectivity index (χ3n) is 23.1. The molecule has 2 unspecified atom stereocenters. The lowest BCUT2D eigenvalue weighted by Crippen LogP contribution is -2.37. The minimum atomic E-state index is -0.991. The molecule has 7 aliphatic rings. The van der Waals surface area contributed by atoms with Gasteiger partial charge in [-0.2, -0.15) is 0 Å². The predicted octanol–water partition coefficient (Wildman–Crippen LogP) is 16.3. The number of carbonyl (C=O) groups excluding carboxylic acids is 4. The van der Waals surface area contributed by atoms with Gasteiger partial charge in [-0.3, -0.25) is 19.2 Å². The Morgan fingerprint density at radius 1 is 0.391 bits per heavy atom. The molecule has 19 heteroatoms. The fourth-order valence-corrected chi connectivity index (χ4v) is 17.4. The van der Waals surface area contributed by atoms with Gasteiger partial charge in [0.05, 0.1) is 91.8 Å². The summed E-state index contributed by atoms with van der Waals surface area (Å²) in [6, 6.07) is 59.1. The molecule has 9 aromatic rings. The van der Waals surface area contributed by atoms with E-state index < -0.39 is 35.1 Å². The fourth-order valence-electron chi connectivity index (χ4n) is 17.4. The topological polar surface area (TPSA) is 195 Å². The summed E-state index contributed by atoms with van der Waals surface area (Å²) in [5.74, 6) is 0.728. The number of nitrogens with zero attached hydrogens (tertiary/aromatic N) is 2. The number of benzene rings is 9. The van der Waals surface area contributed by atoms with Crippen molar-refractivity contribution in [2.45, 2.75) is 88.3 Å². The highest BCUT2D eigenvalue weighted by atomic mass is 16.6. The molecular formula is C96H98N2O17. The molecule has 0 N–H and O–H groups in total. The molecule has 4 aliphatic heterocycles. The van der Waals surface area contributed by atoms with Gasteiger partial charge in [0, 0.05) is 92.5 Å². The zero-order valence-electron chi connectivity index (χ0n) is 65.8. The summed E-state index contributed by atoms with van der Waals surface area (Å²) in [4.78, 5) is 54.9. The summed E-state index contributed by atoms with van der Waals surface area (Å²) in [6.45, 7) is 17.0. The van der Waals surface area contributed by atoms with Crippen LogP contribution in [0.25, 0.3) is 50.4 Å². The van der Waals surface area contributed by atoms with Crippen LogP contribution in [0.4, 0.5) is 11.4 Å². The third kappa shape index (κ3) is 16.1. The Kier molecular flexibility index (Phi) is 23.4. The molecule has 0 spiro atoms. The molecule has 19 nitrogen and oxygen atoms in total. The number of morpholine rings is 2. The van der Waals surface area contributed by atoms with Crippen LogP contribution in [0.1, 0.15) is 122 Å². The van der Waals surface area contributed by atoms with E-state index in [2.05, 4.69) is 195 Å². The van der Waals surface area contributed by atoms with Crippen LogP contribution in [0.5, 0.6) is 23.0 Å². The fraction of sp³-hybridized carbons (Fsp3) is 0.354. The molecule has 0 amide bonds. The number of hydrogen-bond acceptors (Lipinski definition) is 19. The van der Waals surface area contributed by atoms with Crippen molar-refractivity contribution in [1.82, 2.24) is 0 Å². The van der Waals surface area contributed by atoms with Crippen molar-refractivity contribution in [3.63, 3.8) is 0 Å². The van der Waals surface area contributed by atoms with E-state index in [0.717, 1.165) is 111 Å². The predicted molar refractivity (Wildman–Crippen MR) is 442 cm³/mol. The van der Waals surface area contributed by atoms with Gasteiger partial charge in [-0.25, -0.2) is 0 Å². The standard InChI is InChI=1S/C96H98N2O17/c1-93(2)81-19-11-9-17-77(81)87-73-13-5-7-15-75(73)91-79(89(87)93)41-43-95(114-91,65-21-29-69(30-22-65)97-45-49-103-50-46-97)67-25-33-71(34-26-67)108-61-63-112-85(101)39-37-83(99)110-59-57-106-55-53-105-54-56-107-58-60-111-84(100)38-40-86(102)113-64-62-109-72-35-27-68(28-36-72)96(66-23-31-70(32-24-66)98-47-51-104-52-48-98)44-42-80-90-88(74-14-6-8-16-76(74)92(80)115-96)78-18-10-12-20-82(78)94(90,3)4/h5-9,11-17,19-36,41-44H,10,18,37-40,45-64H2,1-4H3. The van der Waals surface area contributed by atoms with Crippen molar-refractivity contribution in [2.75, 3.05) is 142 Å². The maximum Gasteiger partial charge on any atom is 0.306 e. The zero-order valence-corrected chi connectivity index (χ0v) is 65.8. The van der Waals surface area contributed by atoms with E-state index in [1.165, 1.54) is 49.9 Å². The first-order valence-electron chi connectivity index (χ1n) is 40.3.